The summed E-state index contributed by atoms with van der Waals surface area (Å²) in [4.78, 5) is 3.62. The van der Waals surface area contributed by atoms with Crippen molar-refractivity contribution in [2.45, 2.75) is 0 Å². The van der Waals surface area contributed by atoms with Gasteiger partial charge in [0.15, 0.2) is 5.82 Å². The van der Waals surface area contributed by atoms with E-state index in [0.717, 1.165) is 18.3 Å². The molecule has 0 saturated carbocycles. The van der Waals surface area contributed by atoms with Crippen LogP contribution < -0.4 is 0 Å². The van der Waals surface area contributed by atoms with Gasteiger partial charge in [0.05, 0.1) is 6.20 Å². The molecule has 0 N–H and O–H groups in total. The summed E-state index contributed by atoms with van der Waals surface area (Å²) in [6.45, 7) is 0. The standard InChI is InChI=1S/C11H4BrF3N/c12-9-3-6(13)1-2-8(9)11-10(15)4-7(14)5-16-11/h1-2,4-5H. The molecule has 0 fully saturated rings. The highest BCUT2D eigenvalue weighted by molar-refractivity contribution is 9.10. The average molecular weight is 287 g/mol. The quantitative estimate of drug-likeness (QED) is 0.778. The average Bonchev–Trinajstić information content (AvgIpc) is 2.19. The zero-order valence-corrected chi connectivity index (χ0v) is 9.35. The molecule has 0 atom stereocenters. The maximum atomic E-state index is 13.4. The lowest BCUT2D eigenvalue weighted by molar-refractivity contribution is 0.576. The number of rotatable bonds is 1. The molecule has 16 heavy (non-hydrogen) atoms. The van der Waals surface area contributed by atoms with E-state index >= 15 is 0 Å². The molecule has 0 spiro atoms. The molecule has 1 aromatic heterocycles. The molecule has 81 valence electrons. The summed E-state index contributed by atoms with van der Waals surface area (Å²) in [6, 6.07) is 5.53. The van der Waals surface area contributed by atoms with Gasteiger partial charge in [0.2, 0.25) is 0 Å². The van der Waals surface area contributed by atoms with Crippen LogP contribution in [0.2, 0.25) is 0 Å². The Labute approximate surface area is 98.1 Å². The third-order valence-electron chi connectivity index (χ3n) is 1.92. The lowest BCUT2D eigenvalue weighted by atomic mass is 10.1. The highest BCUT2D eigenvalue weighted by Gasteiger charge is 2.11. The lowest BCUT2D eigenvalue weighted by Crippen LogP contribution is -1.92. The number of aromatic nitrogens is 1. The molecule has 0 bridgehead atoms. The smallest absolute Gasteiger partial charge is 0.152 e. The molecule has 1 radical (unpaired) electrons. The van der Waals surface area contributed by atoms with Crippen LogP contribution in [0, 0.1) is 23.5 Å². The van der Waals surface area contributed by atoms with Crippen LogP contribution in [0.3, 0.4) is 0 Å². The molecule has 0 amide bonds. The maximum absolute atomic E-state index is 13.4. The number of nitrogens with zero attached hydrogens (tertiary/aromatic N) is 1. The van der Waals surface area contributed by atoms with Gasteiger partial charge in [-0.2, -0.15) is 0 Å². The molecule has 0 aliphatic heterocycles. The molecule has 2 rings (SSSR count). The van der Waals surface area contributed by atoms with Crippen LogP contribution in [-0.4, -0.2) is 4.98 Å². The SMILES string of the molecule is Fc1[c]c(Br)c(-c2ncc(F)cc2F)cc1. The van der Waals surface area contributed by atoms with Crippen molar-refractivity contribution in [1.82, 2.24) is 4.98 Å². The molecule has 1 heterocycles. The van der Waals surface area contributed by atoms with Gasteiger partial charge < -0.3 is 0 Å². The maximum Gasteiger partial charge on any atom is 0.152 e. The summed E-state index contributed by atoms with van der Waals surface area (Å²) in [7, 11) is 0. The fourth-order valence-electron chi connectivity index (χ4n) is 1.24. The van der Waals surface area contributed by atoms with E-state index in [9.17, 15) is 13.2 Å². The summed E-state index contributed by atoms with van der Waals surface area (Å²) in [6.07, 6.45) is 0.897. The molecule has 0 unspecified atom stereocenters. The Bertz CT molecular complexity index is 493. The summed E-state index contributed by atoms with van der Waals surface area (Å²) in [5.74, 6) is -2.14. The van der Waals surface area contributed by atoms with Crippen molar-refractivity contribution >= 4 is 15.9 Å². The van der Waals surface area contributed by atoms with Crippen molar-refractivity contribution in [2.75, 3.05) is 0 Å². The fraction of sp³-hybridized carbons (Fsp3) is 0. The first-order valence-electron chi connectivity index (χ1n) is 4.26. The van der Waals surface area contributed by atoms with E-state index in [1.807, 2.05) is 0 Å². The van der Waals surface area contributed by atoms with E-state index < -0.39 is 17.5 Å². The Morgan fingerprint density at radius 2 is 1.94 bits per heavy atom. The third-order valence-corrected chi connectivity index (χ3v) is 2.55. The molecule has 2 aromatic rings. The van der Waals surface area contributed by atoms with E-state index in [0.29, 0.717) is 5.56 Å². The van der Waals surface area contributed by atoms with E-state index in [1.165, 1.54) is 6.07 Å². The van der Waals surface area contributed by atoms with Gasteiger partial charge in [-0.1, -0.05) is 0 Å². The largest absolute Gasteiger partial charge is 0.250 e. The van der Waals surface area contributed by atoms with E-state index in [1.54, 1.807) is 0 Å². The van der Waals surface area contributed by atoms with E-state index in [2.05, 4.69) is 27.0 Å². The molecule has 5 heteroatoms. The minimum Gasteiger partial charge on any atom is -0.250 e. The molecule has 0 aliphatic carbocycles. The molecular weight excluding hydrogens is 283 g/mol. The molecule has 1 nitrogen and oxygen atoms in total. The first kappa shape index (κ1) is 11.1. The molecule has 1 aromatic carbocycles. The second-order valence-corrected chi connectivity index (χ2v) is 3.81. The van der Waals surface area contributed by atoms with Crippen molar-refractivity contribution < 1.29 is 13.2 Å². The Morgan fingerprint density at radius 3 is 2.56 bits per heavy atom. The first-order chi connectivity index (χ1) is 7.58. The monoisotopic (exact) mass is 286 g/mol. The normalized spacial score (nSPS) is 10.5. The Morgan fingerprint density at radius 1 is 1.19 bits per heavy atom. The summed E-state index contributed by atoms with van der Waals surface area (Å²) < 4.78 is 39.0. The van der Waals surface area contributed by atoms with Gasteiger partial charge in [0.1, 0.15) is 17.3 Å². The second-order valence-electron chi connectivity index (χ2n) is 3.02. The number of benzene rings is 1. The zero-order chi connectivity index (χ0) is 11.7. The van der Waals surface area contributed by atoms with Gasteiger partial charge in [0.25, 0.3) is 0 Å². The highest BCUT2D eigenvalue weighted by Crippen LogP contribution is 2.28. The van der Waals surface area contributed by atoms with Gasteiger partial charge in [-0.25, -0.2) is 13.2 Å². The predicted molar refractivity (Wildman–Crippen MR) is 56.1 cm³/mol. The van der Waals surface area contributed by atoms with Crippen molar-refractivity contribution in [1.29, 1.82) is 0 Å². The van der Waals surface area contributed by atoms with Gasteiger partial charge >= 0.3 is 0 Å². The fourth-order valence-corrected chi connectivity index (χ4v) is 1.75. The van der Waals surface area contributed by atoms with Crippen molar-refractivity contribution in [3.05, 3.63) is 52.4 Å². The topological polar surface area (TPSA) is 12.9 Å². The Balaban J connectivity index is 2.59. The van der Waals surface area contributed by atoms with Crippen LogP contribution in [-0.2, 0) is 0 Å². The third kappa shape index (κ3) is 2.09. The Kier molecular flexibility index (Phi) is 2.96. The lowest BCUT2D eigenvalue weighted by Gasteiger charge is -2.04. The number of pyridine rings is 1. The minimum atomic E-state index is -0.805. The van der Waals surface area contributed by atoms with Crippen LogP contribution in [0.5, 0.6) is 0 Å². The van der Waals surface area contributed by atoms with Crippen molar-refractivity contribution in [2.24, 2.45) is 0 Å². The van der Waals surface area contributed by atoms with Crippen LogP contribution in [0.25, 0.3) is 11.3 Å². The summed E-state index contributed by atoms with van der Waals surface area (Å²) in [5, 5.41) is 0. The second kappa shape index (κ2) is 4.25. The van der Waals surface area contributed by atoms with Crippen LogP contribution in [0.15, 0.2) is 28.9 Å². The minimum absolute atomic E-state index is 0.0514. The van der Waals surface area contributed by atoms with Gasteiger partial charge in [-0.3, -0.25) is 4.98 Å². The summed E-state index contributed by atoms with van der Waals surface area (Å²) >= 11 is 3.04. The van der Waals surface area contributed by atoms with Gasteiger partial charge in [-0.05, 0) is 28.1 Å². The number of hydrogen-bond donors (Lipinski definition) is 0. The zero-order valence-electron chi connectivity index (χ0n) is 7.77. The highest BCUT2D eigenvalue weighted by atomic mass is 79.9. The van der Waals surface area contributed by atoms with Gasteiger partial charge in [0, 0.05) is 22.2 Å². The van der Waals surface area contributed by atoms with Crippen LogP contribution >= 0.6 is 15.9 Å². The van der Waals surface area contributed by atoms with Crippen molar-refractivity contribution in [3.63, 3.8) is 0 Å². The Hall–Kier alpha value is -1.36. The van der Waals surface area contributed by atoms with Crippen molar-refractivity contribution in [3.8, 4) is 11.3 Å². The molecule has 0 saturated heterocycles. The summed E-state index contributed by atoms with van der Waals surface area (Å²) in [5.41, 5.74) is 0.267. The number of hydrogen-bond acceptors (Lipinski definition) is 1. The predicted octanol–water partition coefficient (Wildman–Crippen LogP) is 3.73. The van der Waals surface area contributed by atoms with E-state index in [-0.39, 0.29) is 10.2 Å². The molecular formula is C11H4BrF3N. The van der Waals surface area contributed by atoms with E-state index in [4.69, 9.17) is 0 Å². The molecule has 0 aliphatic rings. The van der Waals surface area contributed by atoms with Gasteiger partial charge in [-0.15, -0.1) is 0 Å². The number of halogens is 4. The first-order valence-corrected chi connectivity index (χ1v) is 5.06. The van der Waals surface area contributed by atoms with Crippen LogP contribution in [0.1, 0.15) is 0 Å². The van der Waals surface area contributed by atoms with Crippen LogP contribution in [0.4, 0.5) is 13.2 Å².